The number of pyridine rings is 1. The van der Waals surface area contributed by atoms with Crippen LogP contribution in [0.5, 0.6) is 0 Å². The minimum atomic E-state index is -0.579. The molecule has 1 amide bonds. The van der Waals surface area contributed by atoms with Gasteiger partial charge in [-0.05, 0) is 12.1 Å². The van der Waals surface area contributed by atoms with Crippen molar-refractivity contribution in [2.75, 3.05) is 12.4 Å². The molecule has 1 aromatic rings. The normalized spacial score (nSPS) is 9.29. The maximum absolute atomic E-state index is 11.0. The minimum absolute atomic E-state index is 0.0417. The Balaban J connectivity index is 2.99. The summed E-state index contributed by atoms with van der Waals surface area (Å²) in [4.78, 5) is 24.8. The Morgan fingerprint density at radius 1 is 1.64 bits per heavy atom. The molecule has 0 fully saturated rings. The number of hydrogen-bond acceptors (Lipinski definition) is 4. The Kier molecular flexibility index (Phi) is 3.41. The summed E-state index contributed by atoms with van der Waals surface area (Å²) < 4.78 is 4.44. The Morgan fingerprint density at radius 2 is 2.36 bits per heavy atom. The molecule has 1 rings (SSSR count). The van der Waals surface area contributed by atoms with E-state index in [-0.39, 0.29) is 10.8 Å². The van der Waals surface area contributed by atoms with Gasteiger partial charge in [0, 0.05) is 0 Å². The third-order valence-corrected chi connectivity index (χ3v) is 1.75. The number of esters is 1. The molecule has 0 aromatic carbocycles. The van der Waals surface area contributed by atoms with Crippen molar-refractivity contribution in [3.8, 4) is 0 Å². The molecule has 0 saturated heterocycles. The summed E-state index contributed by atoms with van der Waals surface area (Å²) in [5, 5.41) is 2.37. The van der Waals surface area contributed by atoms with Gasteiger partial charge < -0.3 is 10.1 Å². The van der Waals surface area contributed by atoms with Crippen molar-refractivity contribution in [2.45, 2.75) is 0 Å². The van der Waals surface area contributed by atoms with Gasteiger partial charge in [0.2, 0.25) is 6.41 Å². The van der Waals surface area contributed by atoms with Crippen molar-refractivity contribution in [3.63, 3.8) is 0 Å². The standard InChI is InChI=1S/C8H7ClN2O3/c1-14-8(13)6-3-2-5(10-4-12)7(9)11-6/h2-4H,1H3,(H,10,12). The zero-order chi connectivity index (χ0) is 10.6. The van der Waals surface area contributed by atoms with Crippen molar-refractivity contribution in [1.82, 2.24) is 4.98 Å². The highest BCUT2D eigenvalue weighted by Crippen LogP contribution is 2.18. The number of nitrogens with one attached hydrogen (secondary N) is 1. The van der Waals surface area contributed by atoms with Crippen LogP contribution in [0.3, 0.4) is 0 Å². The van der Waals surface area contributed by atoms with Crippen LogP contribution in [0.1, 0.15) is 10.5 Å². The average Bonchev–Trinajstić information content (AvgIpc) is 2.20. The van der Waals surface area contributed by atoms with E-state index in [0.29, 0.717) is 12.1 Å². The summed E-state index contributed by atoms with van der Waals surface area (Å²) in [5.74, 6) is -0.579. The molecule has 6 heteroatoms. The molecular weight excluding hydrogens is 208 g/mol. The van der Waals surface area contributed by atoms with Crippen LogP contribution in [0.25, 0.3) is 0 Å². The topological polar surface area (TPSA) is 68.3 Å². The number of ether oxygens (including phenoxy) is 1. The van der Waals surface area contributed by atoms with Gasteiger partial charge >= 0.3 is 5.97 Å². The summed E-state index contributed by atoms with van der Waals surface area (Å²) in [5.41, 5.74) is 0.434. The smallest absolute Gasteiger partial charge is 0.356 e. The molecular formula is C8H7ClN2O3. The zero-order valence-electron chi connectivity index (χ0n) is 7.28. The van der Waals surface area contributed by atoms with Crippen molar-refractivity contribution in [1.29, 1.82) is 0 Å². The van der Waals surface area contributed by atoms with E-state index in [2.05, 4.69) is 15.0 Å². The van der Waals surface area contributed by atoms with E-state index in [1.165, 1.54) is 19.2 Å². The first-order chi connectivity index (χ1) is 6.69. The molecule has 0 saturated carbocycles. The van der Waals surface area contributed by atoms with Gasteiger partial charge in [-0.15, -0.1) is 0 Å². The molecule has 1 aromatic heterocycles. The number of methoxy groups -OCH3 is 1. The second-order valence-corrected chi connectivity index (χ2v) is 2.65. The van der Waals surface area contributed by atoms with E-state index in [9.17, 15) is 9.59 Å². The van der Waals surface area contributed by atoms with Crippen LogP contribution in [0.2, 0.25) is 5.15 Å². The highest BCUT2D eigenvalue weighted by atomic mass is 35.5. The third-order valence-electron chi connectivity index (χ3n) is 1.46. The summed E-state index contributed by atoms with van der Waals surface area (Å²) in [7, 11) is 1.25. The Morgan fingerprint density at radius 3 is 2.86 bits per heavy atom. The fourth-order valence-electron chi connectivity index (χ4n) is 0.824. The lowest BCUT2D eigenvalue weighted by Crippen LogP contribution is -2.05. The van der Waals surface area contributed by atoms with Crippen molar-refractivity contribution >= 4 is 29.7 Å². The zero-order valence-corrected chi connectivity index (χ0v) is 8.04. The lowest BCUT2D eigenvalue weighted by Gasteiger charge is -2.02. The SMILES string of the molecule is COC(=O)c1ccc(NC=O)c(Cl)n1. The van der Waals surface area contributed by atoms with E-state index >= 15 is 0 Å². The molecule has 0 unspecified atom stereocenters. The number of carbonyl (C=O) groups is 2. The third kappa shape index (κ3) is 2.20. The molecule has 0 aliphatic rings. The number of anilines is 1. The van der Waals surface area contributed by atoms with Gasteiger partial charge in [0.05, 0.1) is 12.8 Å². The molecule has 5 nitrogen and oxygen atoms in total. The molecule has 0 radical (unpaired) electrons. The quantitative estimate of drug-likeness (QED) is 0.465. The van der Waals surface area contributed by atoms with Gasteiger partial charge in [-0.2, -0.15) is 0 Å². The van der Waals surface area contributed by atoms with Gasteiger partial charge in [-0.25, -0.2) is 9.78 Å². The first-order valence-electron chi connectivity index (χ1n) is 3.64. The maximum atomic E-state index is 11.0. The molecule has 0 atom stereocenters. The Labute approximate surface area is 85.0 Å². The lowest BCUT2D eigenvalue weighted by atomic mass is 10.3. The molecule has 1 N–H and O–H groups in total. The minimum Gasteiger partial charge on any atom is -0.464 e. The lowest BCUT2D eigenvalue weighted by molar-refractivity contribution is -0.105. The molecule has 14 heavy (non-hydrogen) atoms. The number of hydrogen-bond donors (Lipinski definition) is 1. The Hall–Kier alpha value is -1.62. The van der Waals surface area contributed by atoms with Crippen LogP contribution in [0.4, 0.5) is 5.69 Å². The fourth-order valence-corrected chi connectivity index (χ4v) is 1.03. The Bertz CT molecular complexity index is 368. The summed E-state index contributed by atoms with van der Waals surface area (Å²) in [6.45, 7) is 0. The van der Waals surface area contributed by atoms with Gasteiger partial charge in [-0.1, -0.05) is 11.6 Å². The first kappa shape index (κ1) is 10.5. The van der Waals surface area contributed by atoms with Crippen molar-refractivity contribution in [3.05, 3.63) is 23.0 Å². The van der Waals surface area contributed by atoms with Crippen LogP contribution in [0, 0.1) is 0 Å². The highest BCUT2D eigenvalue weighted by molar-refractivity contribution is 6.32. The van der Waals surface area contributed by atoms with Crippen LogP contribution >= 0.6 is 11.6 Å². The largest absolute Gasteiger partial charge is 0.464 e. The summed E-state index contributed by atoms with van der Waals surface area (Å²) in [6.07, 6.45) is 0.473. The first-order valence-corrected chi connectivity index (χ1v) is 4.02. The monoisotopic (exact) mass is 214 g/mol. The molecule has 0 aliphatic heterocycles. The van der Waals surface area contributed by atoms with E-state index in [0.717, 1.165) is 0 Å². The number of aromatic nitrogens is 1. The van der Waals surface area contributed by atoms with Gasteiger partial charge in [-0.3, -0.25) is 4.79 Å². The molecule has 1 heterocycles. The van der Waals surface area contributed by atoms with Gasteiger partial charge in [0.15, 0.2) is 5.15 Å². The van der Waals surface area contributed by atoms with Crippen LogP contribution in [-0.4, -0.2) is 24.5 Å². The van der Waals surface area contributed by atoms with Crippen LogP contribution in [0.15, 0.2) is 12.1 Å². The van der Waals surface area contributed by atoms with Crippen LogP contribution in [-0.2, 0) is 9.53 Å². The van der Waals surface area contributed by atoms with E-state index in [4.69, 9.17) is 11.6 Å². The number of nitrogens with zero attached hydrogens (tertiary/aromatic N) is 1. The van der Waals surface area contributed by atoms with E-state index in [1.807, 2.05) is 0 Å². The molecule has 0 spiro atoms. The number of amides is 1. The molecule has 74 valence electrons. The number of halogens is 1. The van der Waals surface area contributed by atoms with Crippen molar-refractivity contribution in [2.24, 2.45) is 0 Å². The average molecular weight is 215 g/mol. The number of carbonyl (C=O) groups excluding carboxylic acids is 2. The number of rotatable bonds is 3. The summed E-state index contributed by atoms with van der Waals surface area (Å²) >= 11 is 5.67. The predicted octanol–water partition coefficient (Wildman–Crippen LogP) is 1.09. The molecule has 0 bridgehead atoms. The van der Waals surface area contributed by atoms with E-state index < -0.39 is 5.97 Å². The van der Waals surface area contributed by atoms with Gasteiger partial charge in [0.25, 0.3) is 0 Å². The highest BCUT2D eigenvalue weighted by Gasteiger charge is 2.09. The fraction of sp³-hybridized carbons (Fsp3) is 0.125. The van der Waals surface area contributed by atoms with Gasteiger partial charge in [0.1, 0.15) is 5.69 Å². The second-order valence-electron chi connectivity index (χ2n) is 2.29. The molecule has 0 aliphatic carbocycles. The summed E-state index contributed by atoms with van der Waals surface area (Å²) in [6, 6.07) is 2.87. The van der Waals surface area contributed by atoms with Crippen LogP contribution < -0.4 is 5.32 Å². The maximum Gasteiger partial charge on any atom is 0.356 e. The van der Waals surface area contributed by atoms with Crippen molar-refractivity contribution < 1.29 is 14.3 Å². The predicted molar refractivity (Wildman–Crippen MR) is 50.3 cm³/mol. The second kappa shape index (κ2) is 4.57. The van der Waals surface area contributed by atoms with E-state index in [1.54, 1.807) is 0 Å².